The first-order valence-corrected chi connectivity index (χ1v) is 4.63. The number of thioether (sulfide) groups is 1. The van der Waals surface area contributed by atoms with Crippen LogP contribution in [0.5, 0.6) is 0 Å². The molecule has 62 valence electrons. The van der Waals surface area contributed by atoms with Gasteiger partial charge in [-0.1, -0.05) is 5.16 Å². The lowest BCUT2D eigenvalue weighted by Gasteiger charge is -1.91. The standard InChI is InChI=1S/C6H10N2O2S/c1-4(9)6-7-5(3-11-2)8-10-6/h4,9H,3H2,1-2H3/t4-/m0/s1. The maximum Gasteiger partial charge on any atom is 0.255 e. The zero-order valence-electron chi connectivity index (χ0n) is 6.44. The van der Waals surface area contributed by atoms with Gasteiger partial charge in [-0.3, -0.25) is 0 Å². The predicted octanol–water partition coefficient (Wildman–Crippen LogP) is 0.986. The molecule has 0 spiro atoms. The van der Waals surface area contributed by atoms with E-state index in [2.05, 4.69) is 10.1 Å². The van der Waals surface area contributed by atoms with Crippen LogP contribution >= 0.6 is 11.8 Å². The Hall–Kier alpha value is -0.550. The fourth-order valence-electron chi connectivity index (χ4n) is 0.625. The second-order valence-corrected chi connectivity index (χ2v) is 3.02. The molecule has 0 aromatic carbocycles. The molecule has 0 radical (unpaired) electrons. The van der Waals surface area contributed by atoms with E-state index in [0.717, 1.165) is 5.75 Å². The summed E-state index contributed by atoms with van der Waals surface area (Å²) in [5.74, 6) is 1.64. The van der Waals surface area contributed by atoms with Crippen LogP contribution in [0.3, 0.4) is 0 Å². The average molecular weight is 174 g/mol. The molecule has 1 aromatic heterocycles. The van der Waals surface area contributed by atoms with Crippen molar-refractivity contribution in [2.75, 3.05) is 6.26 Å². The third kappa shape index (κ3) is 2.20. The molecule has 1 N–H and O–H groups in total. The molecule has 0 unspecified atom stereocenters. The van der Waals surface area contributed by atoms with Crippen LogP contribution in [0.1, 0.15) is 24.7 Å². The van der Waals surface area contributed by atoms with Gasteiger partial charge in [-0.2, -0.15) is 16.7 Å². The minimum Gasteiger partial charge on any atom is -0.384 e. The molecule has 0 saturated heterocycles. The SMILES string of the molecule is CSCc1noc([C@H](C)O)n1. The Bertz CT molecular complexity index is 224. The molecular weight excluding hydrogens is 164 g/mol. The molecule has 11 heavy (non-hydrogen) atoms. The van der Waals surface area contributed by atoms with Gasteiger partial charge in [0.25, 0.3) is 5.89 Å². The number of aromatic nitrogens is 2. The van der Waals surface area contributed by atoms with E-state index >= 15 is 0 Å². The Labute approximate surface area is 69.0 Å². The second-order valence-electron chi connectivity index (χ2n) is 2.16. The van der Waals surface area contributed by atoms with Crippen molar-refractivity contribution >= 4 is 11.8 Å². The summed E-state index contributed by atoms with van der Waals surface area (Å²) in [6, 6.07) is 0. The van der Waals surface area contributed by atoms with Crippen molar-refractivity contribution in [3.8, 4) is 0 Å². The third-order valence-corrected chi connectivity index (χ3v) is 1.66. The molecule has 0 fully saturated rings. The van der Waals surface area contributed by atoms with Gasteiger partial charge in [0.05, 0.1) is 5.75 Å². The van der Waals surface area contributed by atoms with Gasteiger partial charge in [-0.15, -0.1) is 0 Å². The lowest BCUT2D eigenvalue weighted by Crippen LogP contribution is -1.91. The third-order valence-electron chi connectivity index (χ3n) is 1.11. The van der Waals surface area contributed by atoms with Gasteiger partial charge in [0.15, 0.2) is 5.82 Å². The Balaban J connectivity index is 2.66. The predicted molar refractivity (Wildman–Crippen MR) is 42.2 cm³/mol. The maximum atomic E-state index is 9.00. The Morgan fingerprint density at radius 3 is 2.91 bits per heavy atom. The summed E-state index contributed by atoms with van der Waals surface area (Å²) in [5.41, 5.74) is 0. The lowest BCUT2D eigenvalue weighted by atomic mass is 10.4. The number of hydrogen-bond acceptors (Lipinski definition) is 5. The quantitative estimate of drug-likeness (QED) is 0.740. The highest BCUT2D eigenvalue weighted by molar-refractivity contribution is 7.97. The normalized spacial score (nSPS) is 13.4. The van der Waals surface area contributed by atoms with Crippen LogP contribution in [0, 0.1) is 0 Å². The first kappa shape index (κ1) is 8.55. The number of aliphatic hydroxyl groups is 1. The van der Waals surface area contributed by atoms with Gasteiger partial charge in [0, 0.05) is 0 Å². The van der Waals surface area contributed by atoms with E-state index in [4.69, 9.17) is 9.63 Å². The van der Waals surface area contributed by atoms with Gasteiger partial charge in [-0.05, 0) is 13.2 Å². The molecule has 0 amide bonds. The van der Waals surface area contributed by atoms with E-state index in [1.54, 1.807) is 18.7 Å². The minimum absolute atomic E-state index is 0.286. The van der Waals surface area contributed by atoms with Crippen LogP contribution in [0.4, 0.5) is 0 Å². The van der Waals surface area contributed by atoms with Crippen LogP contribution in [0.15, 0.2) is 4.52 Å². The van der Waals surface area contributed by atoms with Gasteiger partial charge >= 0.3 is 0 Å². The van der Waals surface area contributed by atoms with Crippen molar-refractivity contribution in [2.24, 2.45) is 0 Å². The number of nitrogens with zero attached hydrogens (tertiary/aromatic N) is 2. The van der Waals surface area contributed by atoms with Crippen LogP contribution < -0.4 is 0 Å². The van der Waals surface area contributed by atoms with Gasteiger partial charge in [0.2, 0.25) is 0 Å². The number of rotatable bonds is 3. The summed E-state index contributed by atoms with van der Waals surface area (Å²) in [7, 11) is 0. The molecule has 0 bridgehead atoms. The maximum absolute atomic E-state index is 9.00. The van der Waals surface area contributed by atoms with E-state index < -0.39 is 6.10 Å². The zero-order valence-corrected chi connectivity index (χ0v) is 7.26. The first-order valence-electron chi connectivity index (χ1n) is 3.23. The van der Waals surface area contributed by atoms with E-state index in [9.17, 15) is 0 Å². The Kier molecular flexibility index (Phi) is 2.90. The van der Waals surface area contributed by atoms with Crippen molar-refractivity contribution < 1.29 is 9.63 Å². The largest absolute Gasteiger partial charge is 0.384 e. The van der Waals surface area contributed by atoms with Crippen molar-refractivity contribution in [1.82, 2.24) is 10.1 Å². The minimum atomic E-state index is -0.668. The van der Waals surface area contributed by atoms with Crippen molar-refractivity contribution in [1.29, 1.82) is 0 Å². The Morgan fingerprint density at radius 2 is 2.45 bits per heavy atom. The second kappa shape index (κ2) is 3.73. The topological polar surface area (TPSA) is 59.2 Å². The van der Waals surface area contributed by atoms with Crippen molar-refractivity contribution in [3.05, 3.63) is 11.7 Å². The van der Waals surface area contributed by atoms with Crippen LogP contribution in [0.2, 0.25) is 0 Å². The molecule has 0 saturated carbocycles. The molecule has 0 aliphatic rings. The van der Waals surface area contributed by atoms with Crippen LogP contribution in [-0.2, 0) is 5.75 Å². The highest BCUT2D eigenvalue weighted by atomic mass is 32.2. The average Bonchev–Trinajstić information content (AvgIpc) is 2.37. The van der Waals surface area contributed by atoms with Crippen molar-refractivity contribution in [3.63, 3.8) is 0 Å². The summed E-state index contributed by atoms with van der Waals surface area (Å²) in [5, 5.41) is 12.7. The van der Waals surface area contributed by atoms with Gasteiger partial charge < -0.3 is 9.63 Å². The van der Waals surface area contributed by atoms with Crippen LogP contribution in [-0.4, -0.2) is 21.5 Å². The molecule has 1 rings (SSSR count). The highest BCUT2D eigenvalue weighted by Gasteiger charge is 2.09. The summed E-state index contributed by atoms with van der Waals surface area (Å²) in [6.07, 6.45) is 1.29. The first-order chi connectivity index (χ1) is 5.24. The smallest absolute Gasteiger partial charge is 0.255 e. The summed E-state index contributed by atoms with van der Waals surface area (Å²) in [4.78, 5) is 3.95. The fraction of sp³-hybridized carbons (Fsp3) is 0.667. The summed E-state index contributed by atoms with van der Waals surface area (Å²) >= 11 is 1.61. The van der Waals surface area contributed by atoms with E-state index in [-0.39, 0.29) is 5.89 Å². The molecule has 1 aromatic rings. The molecule has 0 aliphatic carbocycles. The molecule has 1 heterocycles. The molecule has 0 aliphatic heterocycles. The summed E-state index contributed by atoms with van der Waals surface area (Å²) < 4.78 is 4.75. The van der Waals surface area contributed by atoms with Crippen molar-refractivity contribution in [2.45, 2.75) is 18.8 Å². The number of hydrogen-bond donors (Lipinski definition) is 1. The molecular formula is C6H10N2O2S. The molecule has 5 heteroatoms. The Morgan fingerprint density at radius 1 is 1.73 bits per heavy atom. The van der Waals surface area contributed by atoms with Gasteiger partial charge in [-0.25, -0.2) is 0 Å². The summed E-state index contributed by atoms with van der Waals surface area (Å²) in [6.45, 7) is 1.59. The monoisotopic (exact) mass is 174 g/mol. The molecule has 1 atom stereocenters. The van der Waals surface area contributed by atoms with Gasteiger partial charge in [0.1, 0.15) is 6.10 Å². The fourth-order valence-corrected chi connectivity index (χ4v) is 1.00. The number of aliphatic hydroxyl groups excluding tert-OH is 1. The van der Waals surface area contributed by atoms with E-state index in [1.165, 1.54) is 0 Å². The highest BCUT2D eigenvalue weighted by Crippen LogP contribution is 2.10. The molecule has 4 nitrogen and oxygen atoms in total. The lowest BCUT2D eigenvalue weighted by molar-refractivity contribution is 0.151. The van der Waals surface area contributed by atoms with Crippen LogP contribution in [0.25, 0.3) is 0 Å². The van der Waals surface area contributed by atoms with E-state index in [0.29, 0.717) is 5.82 Å². The zero-order chi connectivity index (χ0) is 8.27. The van der Waals surface area contributed by atoms with E-state index in [1.807, 2.05) is 6.26 Å².